The van der Waals surface area contributed by atoms with E-state index in [1.807, 2.05) is 18.2 Å². The summed E-state index contributed by atoms with van der Waals surface area (Å²) in [7, 11) is 1.59. The van der Waals surface area contributed by atoms with Crippen molar-refractivity contribution in [2.75, 3.05) is 12.8 Å². The van der Waals surface area contributed by atoms with Gasteiger partial charge in [0.25, 0.3) is 0 Å². The normalized spacial score (nSPS) is 10.8. The molecule has 3 rings (SSSR count). The molecule has 0 bridgehead atoms. The number of ketones is 1. The first-order valence-electron chi connectivity index (χ1n) is 6.36. The van der Waals surface area contributed by atoms with Crippen LogP contribution in [0.25, 0.3) is 10.9 Å². The van der Waals surface area contributed by atoms with Gasteiger partial charge >= 0.3 is 0 Å². The third-order valence-corrected chi connectivity index (χ3v) is 4.29. The van der Waals surface area contributed by atoms with Gasteiger partial charge in [-0.25, -0.2) is 0 Å². The van der Waals surface area contributed by atoms with Crippen LogP contribution in [-0.2, 0) is 0 Å². The van der Waals surface area contributed by atoms with Gasteiger partial charge < -0.3 is 15.5 Å². The molecule has 2 aromatic carbocycles. The Kier molecular flexibility index (Phi) is 3.43. The predicted octanol–water partition coefficient (Wildman–Crippen LogP) is 3.75. The molecule has 0 radical (unpaired) electrons. The SMILES string of the molecule is COc1cccc2[nH]cc(C(=O)c3cccc(N)c3Br)c12. The molecule has 0 unspecified atom stereocenters. The Morgan fingerprint density at radius 3 is 2.71 bits per heavy atom. The largest absolute Gasteiger partial charge is 0.496 e. The summed E-state index contributed by atoms with van der Waals surface area (Å²) in [5.74, 6) is 0.557. The third kappa shape index (κ3) is 2.19. The molecule has 0 saturated heterocycles. The monoisotopic (exact) mass is 344 g/mol. The Hall–Kier alpha value is -2.27. The molecule has 3 N–H and O–H groups in total. The number of hydrogen-bond donors (Lipinski definition) is 2. The highest BCUT2D eigenvalue weighted by Gasteiger charge is 2.19. The summed E-state index contributed by atoms with van der Waals surface area (Å²) in [6.07, 6.45) is 1.70. The summed E-state index contributed by atoms with van der Waals surface area (Å²) in [4.78, 5) is 15.9. The standard InChI is InChI=1S/C16H13BrN2O2/c1-21-13-7-3-6-12-14(13)10(8-19-12)16(20)9-4-2-5-11(18)15(9)17/h2-8,19H,18H2,1H3. The second-order valence-electron chi connectivity index (χ2n) is 4.62. The lowest BCUT2D eigenvalue weighted by atomic mass is 10.0. The van der Waals surface area contributed by atoms with Gasteiger partial charge in [-0.15, -0.1) is 0 Å². The van der Waals surface area contributed by atoms with Crippen molar-refractivity contribution in [3.63, 3.8) is 0 Å². The van der Waals surface area contributed by atoms with E-state index in [-0.39, 0.29) is 5.78 Å². The van der Waals surface area contributed by atoms with Crippen LogP contribution in [0, 0.1) is 0 Å². The van der Waals surface area contributed by atoms with E-state index in [1.54, 1.807) is 31.5 Å². The van der Waals surface area contributed by atoms with Crippen LogP contribution < -0.4 is 10.5 Å². The van der Waals surface area contributed by atoms with Crippen molar-refractivity contribution in [3.05, 3.63) is 58.2 Å². The van der Waals surface area contributed by atoms with E-state index in [4.69, 9.17) is 10.5 Å². The average Bonchev–Trinajstić information content (AvgIpc) is 2.93. The fraction of sp³-hybridized carbons (Fsp3) is 0.0625. The summed E-state index contributed by atoms with van der Waals surface area (Å²) in [6.45, 7) is 0. The molecule has 0 aliphatic heterocycles. The van der Waals surface area contributed by atoms with Crippen LogP contribution in [-0.4, -0.2) is 17.9 Å². The predicted molar refractivity (Wildman–Crippen MR) is 86.8 cm³/mol. The number of benzene rings is 2. The minimum absolute atomic E-state index is 0.107. The second-order valence-corrected chi connectivity index (χ2v) is 5.42. The molecule has 0 spiro atoms. The topological polar surface area (TPSA) is 68.1 Å². The number of nitrogens with one attached hydrogen (secondary N) is 1. The highest BCUT2D eigenvalue weighted by Crippen LogP contribution is 2.32. The van der Waals surface area contributed by atoms with Gasteiger partial charge in [0.05, 0.1) is 22.5 Å². The van der Waals surface area contributed by atoms with Gasteiger partial charge in [0, 0.05) is 23.0 Å². The number of aromatic amines is 1. The zero-order chi connectivity index (χ0) is 15.0. The molecule has 0 aliphatic carbocycles. The molecule has 1 aromatic heterocycles. The maximum absolute atomic E-state index is 12.8. The first-order chi connectivity index (χ1) is 10.1. The lowest BCUT2D eigenvalue weighted by Crippen LogP contribution is -2.03. The molecule has 0 fully saturated rings. The Morgan fingerprint density at radius 1 is 1.19 bits per heavy atom. The number of fused-ring (bicyclic) bond motifs is 1. The summed E-state index contributed by atoms with van der Waals surface area (Å²) in [5, 5.41) is 0.777. The van der Waals surface area contributed by atoms with Crippen molar-refractivity contribution in [1.29, 1.82) is 0 Å². The molecule has 4 nitrogen and oxygen atoms in total. The fourth-order valence-corrected chi connectivity index (χ4v) is 2.82. The zero-order valence-corrected chi connectivity index (χ0v) is 12.9. The number of nitrogen functional groups attached to an aromatic ring is 1. The van der Waals surface area contributed by atoms with Gasteiger partial charge in [0.2, 0.25) is 0 Å². The van der Waals surface area contributed by atoms with Crippen LogP contribution in [0.2, 0.25) is 0 Å². The molecule has 0 aliphatic rings. The smallest absolute Gasteiger partial charge is 0.196 e. The quantitative estimate of drug-likeness (QED) is 0.561. The molecular weight excluding hydrogens is 332 g/mol. The van der Waals surface area contributed by atoms with E-state index >= 15 is 0 Å². The summed E-state index contributed by atoms with van der Waals surface area (Å²) >= 11 is 3.38. The number of aromatic nitrogens is 1. The van der Waals surface area contributed by atoms with Gasteiger partial charge in [-0.3, -0.25) is 4.79 Å². The number of rotatable bonds is 3. The highest BCUT2D eigenvalue weighted by molar-refractivity contribution is 9.10. The minimum atomic E-state index is -0.107. The van der Waals surface area contributed by atoms with E-state index in [2.05, 4.69) is 20.9 Å². The number of hydrogen-bond acceptors (Lipinski definition) is 3. The maximum atomic E-state index is 12.8. The number of anilines is 1. The summed E-state index contributed by atoms with van der Waals surface area (Å²) < 4.78 is 5.97. The number of carbonyl (C=O) groups excluding carboxylic acids is 1. The minimum Gasteiger partial charge on any atom is -0.496 e. The molecule has 21 heavy (non-hydrogen) atoms. The molecular formula is C16H13BrN2O2. The summed E-state index contributed by atoms with van der Waals surface area (Å²) in [5.41, 5.74) is 8.34. The number of H-pyrrole nitrogens is 1. The number of methoxy groups -OCH3 is 1. The zero-order valence-electron chi connectivity index (χ0n) is 11.3. The van der Waals surface area contributed by atoms with Gasteiger partial charge in [-0.1, -0.05) is 12.1 Å². The fourth-order valence-electron chi connectivity index (χ4n) is 2.37. The van der Waals surface area contributed by atoms with Gasteiger partial charge in [0.15, 0.2) is 5.78 Å². The molecule has 5 heteroatoms. The van der Waals surface area contributed by atoms with Crippen LogP contribution >= 0.6 is 15.9 Å². The van der Waals surface area contributed by atoms with Crippen molar-refractivity contribution in [2.24, 2.45) is 0 Å². The van der Waals surface area contributed by atoms with E-state index in [1.165, 1.54) is 0 Å². The Labute approximate surface area is 130 Å². The van der Waals surface area contributed by atoms with Crippen LogP contribution in [0.1, 0.15) is 15.9 Å². The first-order valence-corrected chi connectivity index (χ1v) is 7.15. The third-order valence-electron chi connectivity index (χ3n) is 3.41. The number of halogens is 1. The van der Waals surface area contributed by atoms with Crippen molar-refractivity contribution in [2.45, 2.75) is 0 Å². The molecule has 0 amide bonds. The number of nitrogens with two attached hydrogens (primary N) is 1. The van der Waals surface area contributed by atoms with Crippen LogP contribution in [0.4, 0.5) is 5.69 Å². The van der Waals surface area contributed by atoms with Crippen molar-refractivity contribution >= 4 is 38.3 Å². The highest BCUT2D eigenvalue weighted by atomic mass is 79.9. The van der Waals surface area contributed by atoms with Crippen LogP contribution in [0.5, 0.6) is 5.75 Å². The lowest BCUT2D eigenvalue weighted by Gasteiger charge is -2.07. The van der Waals surface area contributed by atoms with E-state index < -0.39 is 0 Å². The molecule has 0 saturated carbocycles. The van der Waals surface area contributed by atoms with Crippen LogP contribution in [0.3, 0.4) is 0 Å². The number of ether oxygens (including phenoxy) is 1. The Morgan fingerprint density at radius 2 is 1.95 bits per heavy atom. The van der Waals surface area contributed by atoms with Crippen molar-refractivity contribution < 1.29 is 9.53 Å². The van der Waals surface area contributed by atoms with Crippen molar-refractivity contribution in [3.8, 4) is 5.75 Å². The Balaban J connectivity index is 2.21. The van der Waals surface area contributed by atoms with E-state index in [0.29, 0.717) is 27.0 Å². The molecule has 0 atom stereocenters. The first kappa shape index (κ1) is 13.7. The average molecular weight is 345 g/mol. The van der Waals surface area contributed by atoms with Gasteiger partial charge in [0.1, 0.15) is 5.75 Å². The van der Waals surface area contributed by atoms with E-state index in [9.17, 15) is 4.79 Å². The van der Waals surface area contributed by atoms with Gasteiger partial charge in [-0.05, 0) is 40.2 Å². The molecule has 3 aromatic rings. The maximum Gasteiger partial charge on any atom is 0.196 e. The molecule has 1 heterocycles. The van der Waals surface area contributed by atoms with Crippen LogP contribution in [0.15, 0.2) is 47.1 Å². The molecule has 106 valence electrons. The summed E-state index contributed by atoms with van der Waals surface area (Å²) in [6, 6.07) is 10.9. The lowest BCUT2D eigenvalue weighted by molar-refractivity contribution is 0.103. The Bertz CT molecular complexity index is 839. The van der Waals surface area contributed by atoms with E-state index in [0.717, 1.165) is 10.9 Å². The van der Waals surface area contributed by atoms with Crippen molar-refractivity contribution in [1.82, 2.24) is 4.98 Å². The second kappa shape index (κ2) is 5.26. The van der Waals surface area contributed by atoms with Gasteiger partial charge in [-0.2, -0.15) is 0 Å². The number of carbonyl (C=O) groups is 1.